The molecule has 0 saturated heterocycles. The smallest absolute Gasteiger partial charge is 0.404 e. The summed E-state index contributed by atoms with van der Waals surface area (Å²) in [6.07, 6.45) is -1.17. The number of methoxy groups -OCH3 is 1. The maximum absolute atomic E-state index is 12.7. The van der Waals surface area contributed by atoms with E-state index in [1.807, 2.05) is 13.8 Å². The monoisotopic (exact) mass is 425 g/mol. The van der Waals surface area contributed by atoms with E-state index in [4.69, 9.17) is 20.3 Å². The van der Waals surface area contributed by atoms with Gasteiger partial charge in [0.05, 0.1) is 24.3 Å². The average Bonchev–Trinajstić information content (AvgIpc) is 2.72. The van der Waals surface area contributed by atoms with E-state index in [9.17, 15) is 14.7 Å². The molecule has 0 heterocycles. The Morgan fingerprint density at radius 2 is 1.90 bits per heavy atom. The van der Waals surface area contributed by atoms with Crippen LogP contribution in [0, 0.1) is 11.8 Å². The number of benzene rings is 1. The van der Waals surface area contributed by atoms with E-state index < -0.39 is 18.2 Å². The van der Waals surface area contributed by atoms with Gasteiger partial charge in [0.1, 0.15) is 5.75 Å². The summed E-state index contributed by atoms with van der Waals surface area (Å²) < 4.78 is 10.7. The standard InChI is InChI=1S/C21H35N3O6/c1-14(2)15(11-17(18(25)12-22)24-21(27)28)13-23-20(26)16-7-4-5-8-19(16)30-10-6-9-29-3/h4-5,7-8,14-15,17-18,24-25H,6,9-13,22H2,1-3H3,(H,23,26)(H,27,28)/t15-,17+,18+/m1/s1. The summed E-state index contributed by atoms with van der Waals surface area (Å²) >= 11 is 0. The van der Waals surface area contributed by atoms with Crippen LogP contribution in [0.25, 0.3) is 0 Å². The van der Waals surface area contributed by atoms with Crippen LogP contribution in [-0.2, 0) is 4.74 Å². The molecule has 1 aromatic carbocycles. The van der Waals surface area contributed by atoms with Crippen molar-refractivity contribution in [2.75, 3.05) is 33.4 Å². The quantitative estimate of drug-likeness (QED) is 0.284. The van der Waals surface area contributed by atoms with Crippen molar-refractivity contribution in [3.05, 3.63) is 29.8 Å². The highest BCUT2D eigenvalue weighted by Gasteiger charge is 2.26. The molecule has 1 rings (SSSR count). The minimum atomic E-state index is -1.22. The number of aliphatic hydroxyl groups excluding tert-OH is 1. The normalized spacial score (nSPS) is 14.1. The van der Waals surface area contributed by atoms with Gasteiger partial charge in [-0.2, -0.15) is 0 Å². The first-order chi connectivity index (χ1) is 14.3. The molecule has 2 amide bonds. The second-order valence-electron chi connectivity index (χ2n) is 7.50. The van der Waals surface area contributed by atoms with Crippen molar-refractivity contribution in [1.82, 2.24) is 10.6 Å². The van der Waals surface area contributed by atoms with Gasteiger partial charge in [-0.3, -0.25) is 4.79 Å². The summed E-state index contributed by atoms with van der Waals surface area (Å²) in [7, 11) is 1.62. The molecule has 170 valence electrons. The number of nitrogens with one attached hydrogen (secondary N) is 2. The van der Waals surface area contributed by atoms with Crippen LogP contribution in [0.2, 0.25) is 0 Å². The molecule has 0 bridgehead atoms. The Morgan fingerprint density at radius 3 is 2.50 bits per heavy atom. The van der Waals surface area contributed by atoms with Crippen molar-refractivity contribution in [3.8, 4) is 5.75 Å². The van der Waals surface area contributed by atoms with Gasteiger partial charge in [0, 0.05) is 33.2 Å². The van der Waals surface area contributed by atoms with E-state index in [0.717, 1.165) is 0 Å². The van der Waals surface area contributed by atoms with E-state index in [1.54, 1.807) is 31.4 Å². The van der Waals surface area contributed by atoms with Gasteiger partial charge in [0.2, 0.25) is 0 Å². The van der Waals surface area contributed by atoms with Crippen LogP contribution in [-0.4, -0.2) is 67.8 Å². The molecule has 1 aromatic rings. The Bertz CT molecular complexity index is 655. The highest BCUT2D eigenvalue weighted by molar-refractivity contribution is 5.96. The van der Waals surface area contributed by atoms with E-state index in [0.29, 0.717) is 43.9 Å². The van der Waals surface area contributed by atoms with Crippen molar-refractivity contribution in [1.29, 1.82) is 0 Å². The third kappa shape index (κ3) is 8.98. The lowest BCUT2D eigenvalue weighted by atomic mass is 9.87. The van der Waals surface area contributed by atoms with Crippen molar-refractivity contribution in [2.45, 2.75) is 38.8 Å². The molecule has 0 aromatic heterocycles. The number of carbonyl (C=O) groups is 2. The number of carboxylic acid groups (broad SMARTS) is 1. The fraction of sp³-hybridized carbons (Fsp3) is 0.619. The summed E-state index contributed by atoms with van der Waals surface area (Å²) in [6, 6.07) is 6.29. The van der Waals surface area contributed by atoms with E-state index in [2.05, 4.69) is 10.6 Å². The van der Waals surface area contributed by atoms with E-state index in [1.165, 1.54) is 0 Å². The summed E-state index contributed by atoms with van der Waals surface area (Å²) in [5.74, 6) is 0.303. The van der Waals surface area contributed by atoms with Gasteiger partial charge in [-0.25, -0.2) is 4.79 Å². The molecule has 3 atom stereocenters. The Kier molecular flexibility index (Phi) is 11.8. The lowest BCUT2D eigenvalue weighted by Crippen LogP contribution is -2.48. The van der Waals surface area contributed by atoms with Crippen LogP contribution >= 0.6 is 0 Å². The molecule has 0 spiro atoms. The maximum Gasteiger partial charge on any atom is 0.404 e. The fourth-order valence-electron chi connectivity index (χ4n) is 3.04. The number of amides is 2. The van der Waals surface area contributed by atoms with Gasteiger partial charge in [-0.05, 0) is 30.4 Å². The molecule has 0 aliphatic carbocycles. The van der Waals surface area contributed by atoms with Crippen LogP contribution < -0.4 is 21.1 Å². The molecule has 0 aliphatic heterocycles. The molecule has 9 heteroatoms. The number of ether oxygens (including phenoxy) is 2. The Labute approximate surface area is 177 Å². The summed E-state index contributed by atoms with van der Waals surface area (Å²) in [6.45, 7) is 5.24. The average molecular weight is 426 g/mol. The lowest BCUT2D eigenvalue weighted by Gasteiger charge is -2.29. The lowest BCUT2D eigenvalue weighted by molar-refractivity contribution is 0.0913. The van der Waals surface area contributed by atoms with Crippen molar-refractivity contribution in [3.63, 3.8) is 0 Å². The summed E-state index contributed by atoms with van der Waals surface area (Å²) in [5.41, 5.74) is 5.93. The minimum absolute atomic E-state index is 0.0596. The molecular weight excluding hydrogens is 390 g/mol. The van der Waals surface area contributed by atoms with Crippen LogP contribution in [0.4, 0.5) is 4.79 Å². The molecule has 0 radical (unpaired) electrons. The molecule has 0 fully saturated rings. The van der Waals surface area contributed by atoms with Gasteiger partial charge < -0.3 is 36.1 Å². The van der Waals surface area contributed by atoms with E-state index in [-0.39, 0.29) is 24.3 Å². The fourth-order valence-corrected chi connectivity index (χ4v) is 3.04. The molecule has 0 unspecified atom stereocenters. The van der Waals surface area contributed by atoms with Crippen LogP contribution in [0.5, 0.6) is 5.75 Å². The minimum Gasteiger partial charge on any atom is -0.493 e. The zero-order valence-corrected chi connectivity index (χ0v) is 18.0. The highest BCUT2D eigenvalue weighted by atomic mass is 16.5. The summed E-state index contributed by atoms with van der Waals surface area (Å²) in [5, 5.41) is 24.3. The number of carbonyl (C=O) groups excluding carboxylic acids is 1. The molecule has 9 nitrogen and oxygen atoms in total. The second kappa shape index (κ2) is 13.8. The Morgan fingerprint density at radius 1 is 1.20 bits per heavy atom. The number of aliphatic hydroxyl groups is 1. The Hall–Kier alpha value is -2.36. The molecule has 0 aliphatic rings. The second-order valence-corrected chi connectivity index (χ2v) is 7.50. The van der Waals surface area contributed by atoms with Crippen LogP contribution in [0.1, 0.15) is 37.0 Å². The van der Waals surface area contributed by atoms with Gasteiger partial charge in [-0.15, -0.1) is 0 Å². The molecule has 0 saturated carbocycles. The predicted molar refractivity (Wildman–Crippen MR) is 114 cm³/mol. The van der Waals surface area contributed by atoms with Gasteiger partial charge in [-0.1, -0.05) is 26.0 Å². The molecule has 30 heavy (non-hydrogen) atoms. The van der Waals surface area contributed by atoms with E-state index >= 15 is 0 Å². The maximum atomic E-state index is 12.7. The van der Waals surface area contributed by atoms with Gasteiger partial charge in [0.25, 0.3) is 5.91 Å². The van der Waals surface area contributed by atoms with Crippen molar-refractivity contribution in [2.24, 2.45) is 17.6 Å². The number of rotatable bonds is 14. The topological polar surface area (TPSA) is 143 Å². The zero-order valence-electron chi connectivity index (χ0n) is 18.0. The first-order valence-corrected chi connectivity index (χ1v) is 10.2. The number of para-hydroxylation sites is 1. The van der Waals surface area contributed by atoms with Gasteiger partial charge in [0.15, 0.2) is 0 Å². The SMILES string of the molecule is COCCCOc1ccccc1C(=O)NC[C@@H](C[C@H](NC(=O)O)[C@@H](O)CN)C(C)C. The summed E-state index contributed by atoms with van der Waals surface area (Å²) in [4.78, 5) is 23.8. The number of nitrogens with two attached hydrogens (primary N) is 1. The Balaban J connectivity index is 2.76. The number of hydrogen-bond acceptors (Lipinski definition) is 6. The zero-order chi connectivity index (χ0) is 22.5. The van der Waals surface area contributed by atoms with Crippen LogP contribution in [0.15, 0.2) is 24.3 Å². The predicted octanol–water partition coefficient (Wildman–Crippen LogP) is 1.45. The van der Waals surface area contributed by atoms with Crippen LogP contribution in [0.3, 0.4) is 0 Å². The van der Waals surface area contributed by atoms with Crippen molar-refractivity contribution < 1.29 is 29.3 Å². The first kappa shape index (κ1) is 25.7. The first-order valence-electron chi connectivity index (χ1n) is 10.2. The molecular formula is C21H35N3O6. The van der Waals surface area contributed by atoms with Gasteiger partial charge >= 0.3 is 6.09 Å². The number of hydrogen-bond donors (Lipinski definition) is 5. The van der Waals surface area contributed by atoms with Crippen molar-refractivity contribution >= 4 is 12.0 Å². The third-order valence-corrected chi connectivity index (χ3v) is 4.92. The third-order valence-electron chi connectivity index (χ3n) is 4.92. The highest BCUT2D eigenvalue weighted by Crippen LogP contribution is 2.21. The molecule has 6 N–H and O–H groups in total. The largest absolute Gasteiger partial charge is 0.493 e.